The SMILES string of the molecule is O=C(NC1CC2CCC1N2)c1cnc(-c2cc(F)cc(F)c2)s1. The van der Waals surface area contributed by atoms with E-state index in [-0.39, 0.29) is 11.9 Å². The van der Waals surface area contributed by atoms with Crippen molar-refractivity contribution in [1.82, 2.24) is 15.6 Å². The second kappa shape index (κ2) is 5.65. The molecule has 3 heterocycles. The molecular weight excluding hydrogens is 320 g/mol. The molecule has 3 atom stereocenters. The maximum Gasteiger partial charge on any atom is 0.263 e. The van der Waals surface area contributed by atoms with Crippen LogP contribution >= 0.6 is 11.3 Å². The van der Waals surface area contributed by atoms with Gasteiger partial charge in [0.25, 0.3) is 5.91 Å². The van der Waals surface area contributed by atoms with E-state index in [1.54, 1.807) is 0 Å². The van der Waals surface area contributed by atoms with Crippen molar-refractivity contribution in [3.63, 3.8) is 0 Å². The third-order valence-corrected chi connectivity index (χ3v) is 5.50. The van der Waals surface area contributed by atoms with E-state index in [9.17, 15) is 13.6 Å². The molecule has 0 aliphatic carbocycles. The van der Waals surface area contributed by atoms with Gasteiger partial charge in [0.1, 0.15) is 21.5 Å². The summed E-state index contributed by atoms with van der Waals surface area (Å²) < 4.78 is 26.6. The number of hydrogen-bond donors (Lipinski definition) is 2. The van der Waals surface area contributed by atoms with Crippen molar-refractivity contribution in [2.24, 2.45) is 0 Å². The number of fused-ring (bicyclic) bond motifs is 2. The average Bonchev–Trinajstić information content (AvgIpc) is 3.22. The van der Waals surface area contributed by atoms with Crippen LogP contribution < -0.4 is 10.6 Å². The summed E-state index contributed by atoms with van der Waals surface area (Å²) in [5, 5.41) is 6.93. The number of halogens is 2. The zero-order valence-electron chi connectivity index (χ0n) is 12.2. The zero-order chi connectivity index (χ0) is 16.0. The smallest absolute Gasteiger partial charge is 0.263 e. The van der Waals surface area contributed by atoms with Gasteiger partial charge in [-0.05, 0) is 31.4 Å². The monoisotopic (exact) mass is 335 g/mol. The summed E-state index contributed by atoms with van der Waals surface area (Å²) in [4.78, 5) is 16.9. The highest BCUT2D eigenvalue weighted by Crippen LogP contribution is 2.30. The molecule has 0 radical (unpaired) electrons. The van der Waals surface area contributed by atoms with Crippen LogP contribution in [0, 0.1) is 11.6 Å². The number of rotatable bonds is 3. The number of aromatic nitrogens is 1. The van der Waals surface area contributed by atoms with Crippen molar-refractivity contribution in [3.8, 4) is 10.6 Å². The molecule has 0 saturated carbocycles. The van der Waals surface area contributed by atoms with Crippen LogP contribution in [-0.4, -0.2) is 29.0 Å². The fourth-order valence-electron chi connectivity index (χ4n) is 3.41. The molecule has 1 amide bonds. The predicted octanol–water partition coefficient (Wildman–Crippen LogP) is 2.71. The summed E-state index contributed by atoms with van der Waals surface area (Å²) in [6.07, 6.45) is 4.68. The van der Waals surface area contributed by atoms with Gasteiger partial charge in [-0.1, -0.05) is 0 Å². The van der Waals surface area contributed by atoms with E-state index in [1.165, 1.54) is 24.8 Å². The summed E-state index contributed by atoms with van der Waals surface area (Å²) in [5.41, 5.74) is 0.341. The molecule has 2 bridgehead atoms. The van der Waals surface area contributed by atoms with Crippen LogP contribution in [0.25, 0.3) is 10.6 Å². The average molecular weight is 335 g/mol. The van der Waals surface area contributed by atoms with E-state index >= 15 is 0 Å². The minimum atomic E-state index is -0.658. The standard InChI is InChI=1S/C16H15F2N3OS/c17-9-3-8(4-10(18)5-9)16-19-7-14(23-16)15(22)21-13-6-11-1-2-12(13)20-11/h3-5,7,11-13,20H,1-2,6H2,(H,21,22). The Labute approximate surface area is 135 Å². The molecule has 2 saturated heterocycles. The van der Waals surface area contributed by atoms with Gasteiger partial charge in [-0.25, -0.2) is 13.8 Å². The maximum atomic E-state index is 13.3. The number of nitrogens with zero attached hydrogens (tertiary/aromatic N) is 1. The van der Waals surface area contributed by atoms with Crippen LogP contribution in [0.1, 0.15) is 28.9 Å². The molecule has 120 valence electrons. The van der Waals surface area contributed by atoms with E-state index in [0.717, 1.165) is 30.2 Å². The largest absolute Gasteiger partial charge is 0.347 e. The molecule has 7 heteroatoms. The van der Waals surface area contributed by atoms with Gasteiger partial charge in [-0.2, -0.15) is 0 Å². The van der Waals surface area contributed by atoms with Crippen molar-refractivity contribution < 1.29 is 13.6 Å². The minimum Gasteiger partial charge on any atom is -0.347 e. The Morgan fingerprint density at radius 1 is 1.26 bits per heavy atom. The summed E-state index contributed by atoms with van der Waals surface area (Å²) >= 11 is 1.14. The van der Waals surface area contributed by atoms with Crippen molar-refractivity contribution in [2.75, 3.05) is 0 Å². The van der Waals surface area contributed by atoms with E-state index in [2.05, 4.69) is 15.6 Å². The highest BCUT2D eigenvalue weighted by atomic mass is 32.1. The molecule has 3 unspecified atom stereocenters. The molecule has 1 aromatic heterocycles. The van der Waals surface area contributed by atoms with Crippen LogP contribution in [0.4, 0.5) is 8.78 Å². The van der Waals surface area contributed by atoms with Crippen molar-refractivity contribution in [2.45, 2.75) is 37.4 Å². The van der Waals surface area contributed by atoms with E-state index in [0.29, 0.717) is 27.5 Å². The van der Waals surface area contributed by atoms with Crippen LogP contribution in [-0.2, 0) is 0 Å². The highest BCUT2D eigenvalue weighted by Gasteiger charge is 2.39. The minimum absolute atomic E-state index is 0.151. The molecule has 1 aromatic carbocycles. The fraction of sp³-hybridized carbons (Fsp3) is 0.375. The first kappa shape index (κ1) is 14.7. The number of carbonyl (C=O) groups excluding carboxylic acids is 1. The third-order valence-electron chi connectivity index (χ3n) is 4.46. The molecule has 23 heavy (non-hydrogen) atoms. The number of carbonyl (C=O) groups is 1. The second-order valence-electron chi connectivity index (χ2n) is 6.05. The Kier molecular flexibility index (Phi) is 3.61. The molecule has 2 aliphatic heterocycles. The van der Waals surface area contributed by atoms with Crippen LogP contribution in [0.2, 0.25) is 0 Å². The molecule has 4 nitrogen and oxygen atoms in total. The molecule has 2 aliphatic rings. The van der Waals surface area contributed by atoms with Crippen LogP contribution in [0.5, 0.6) is 0 Å². The molecule has 2 fully saturated rings. The highest BCUT2D eigenvalue weighted by molar-refractivity contribution is 7.16. The van der Waals surface area contributed by atoms with Gasteiger partial charge < -0.3 is 10.6 Å². The number of benzene rings is 1. The van der Waals surface area contributed by atoms with Gasteiger partial charge in [-0.3, -0.25) is 4.79 Å². The fourth-order valence-corrected chi connectivity index (χ4v) is 4.22. The molecular formula is C16H15F2N3OS. The Hall–Kier alpha value is -1.86. The van der Waals surface area contributed by atoms with Crippen molar-refractivity contribution >= 4 is 17.2 Å². The molecule has 2 aromatic rings. The first-order valence-corrected chi connectivity index (χ1v) is 8.39. The van der Waals surface area contributed by atoms with Gasteiger partial charge >= 0.3 is 0 Å². The summed E-state index contributed by atoms with van der Waals surface area (Å²) in [7, 11) is 0. The van der Waals surface area contributed by atoms with Gasteiger partial charge in [-0.15, -0.1) is 11.3 Å². The quantitative estimate of drug-likeness (QED) is 0.907. The first-order valence-electron chi connectivity index (χ1n) is 7.58. The van der Waals surface area contributed by atoms with E-state index < -0.39 is 11.6 Å². The topological polar surface area (TPSA) is 54.0 Å². The van der Waals surface area contributed by atoms with Gasteiger partial charge in [0.2, 0.25) is 0 Å². The molecule has 2 N–H and O–H groups in total. The van der Waals surface area contributed by atoms with Crippen LogP contribution in [0.3, 0.4) is 0 Å². The second-order valence-corrected chi connectivity index (χ2v) is 7.08. The van der Waals surface area contributed by atoms with Gasteiger partial charge in [0.05, 0.1) is 6.20 Å². The van der Waals surface area contributed by atoms with Gasteiger partial charge in [0.15, 0.2) is 0 Å². The summed E-state index contributed by atoms with van der Waals surface area (Å²) in [6.45, 7) is 0. The van der Waals surface area contributed by atoms with Crippen LogP contribution in [0.15, 0.2) is 24.4 Å². The Morgan fingerprint density at radius 2 is 2.04 bits per heavy atom. The number of hydrogen-bond acceptors (Lipinski definition) is 4. The summed E-state index contributed by atoms with van der Waals surface area (Å²) in [6, 6.07) is 4.25. The zero-order valence-corrected chi connectivity index (χ0v) is 13.0. The van der Waals surface area contributed by atoms with Crippen molar-refractivity contribution in [3.05, 3.63) is 40.9 Å². The molecule has 0 spiro atoms. The van der Waals surface area contributed by atoms with Crippen molar-refractivity contribution in [1.29, 1.82) is 0 Å². The maximum absolute atomic E-state index is 13.3. The van der Waals surface area contributed by atoms with E-state index in [4.69, 9.17) is 0 Å². The number of thiazole rings is 1. The number of amides is 1. The Morgan fingerprint density at radius 3 is 2.70 bits per heavy atom. The Bertz CT molecular complexity index is 743. The predicted molar refractivity (Wildman–Crippen MR) is 83.3 cm³/mol. The number of nitrogens with one attached hydrogen (secondary N) is 2. The third kappa shape index (κ3) is 2.86. The first-order chi connectivity index (χ1) is 11.1. The lowest BCUT2D eigenvalue weighted by molar-refractivity contribution is 0.0935. The van der Waals surface area contributed by atoms with E-state index in [1.807, 2.05) is 0 Å². The lowest BCUT2D eigenvalue weighted by Gasteiger charge is -2.20. The summed E-state index contributed by atoms with van der Waals surface area (Å²) in [5.74, 6) is -1.49. The van der Waals surface area contributed by atoms with Gasteiger partial charge in [0, 0.05) is 29.8 Å². The normalized spacial score (nSPS) is 25.7. The lowest BCUT2D eigenvalue weighted by Crippen LogP contribution is -2.42. The Balaban J connectivity index is 1.50. The lowest BCUT2D eigenvalue weighted by atomic mass is 9.95. The molecule has 4 rings (SSSR count).